The molecule has 1 saturated heterocycles. The van der Waals surface area contributed by atoms with Gasteiger partial charge in [-0.15, -0.1) is 0 Å². The predicted octanol–water partition coefficient (Wildman–Crippen LogP) is 0.733. The number of nitrogens with zero attached hydrogens (tertiary/aromatic N) is 1. The Morgan fingerprint density at radius 1 is 1.18 bits per heavy atom. The third-order valence-electron chi connectivity index (χ3n) is 6.20. The van der Waals surface area contributed by atoms with E-state index in [1.165, 1.54) is 4.90 Å². The number of amides is 4. The molecular formula is C22H36N4O6S. The van der Waals surface area contributed by atoms with Crippen molar-refractivity contribution in [2.75, 3.05) is 13.1 Å². The van der Waals surface area contributed by atoms with Crippen LogP contribution in [0.2, 0.25) is 0 Å². The van der Waals surface area contributed by atoms with Gasteiger partial charge in [-0.25, -0.2) is 8.42 Å². The van der Waals surface area contributed by atoms with E-state index in [1.54, 1.807) is 13.0 Å². The number of hydrogen-bond acceptors (Lipinski definition) is 6. The molecule has 0 aromatic carbocycles. The third-order valence-corrected chi connectivity index (χ3v) is 8.37. The number of sulfonamides is 1. The zero-order valence-electron chi connectivity index (χ0n) is 19.5. The highest BCUT2D eigenvalue weighted by Gasteiger charge is 2.51. The highest BCUT2D eigenvalue weighted by atomic mass is 32.2. The van der Waals surface area contributed by atoms with Crippen LogP contribution < -0.4 is 15.4 Å². The monoisotopic (exact) mass is 484 g/mol. The van der Waals surface area contributed by atoms with Crippen LogP contribution in [-0.2, 0) is 29.2 Å². The van der Waals surface area contributed by atoms with Gasteiger partial charge >= 0.3 is 0 Å². The van der Waals surface area contributed by atoms with Crippen LogP contribution in [0.15, 0.2) is 12.2 Å². The quantitative estimate of drug-likeness (QED) is 0.189. The molecule has 0 spiro atoms. The minimum absolute atomic E-state index is 0.142. The van der Waals surface area contributed by atoms with E-state index >= 15 is 0 Å². The largest absolute Gasteiger partial charge is 0.350 e. The zero-order chi connectivity index (χ0) is 24.5. The van der Waals surface area contributed by atoms with Gasteiger partial charge in [-0.2, -0.15) is 0 Å². The summed E-state index contributed by atoms with van der Waals surface area (Å²) in [4.78, 5) is 49.9. The number of hydrogen-bond donors (Lipinski definition) is 3. The summed E-state index contributed by atoms with van der Waals surface area (Å²) in [5.41, 5.74) is 0. The lowest BCUT2D eigenvalue weighted by molar-refractivity contribution is -0.139. The van der Waals surface area contributed by atoms with Crippen LogP contribution in [0.4, 0.5) is 0 Å². The maximum atomic E-state index is 12.9. The Labute approximate surface area is 196 Å². The molecule has 1 saturated carbocycles. The summed E-state index contributed by atoms with van der Waals surface area (Å²) in [6, 6.07) is -1.85. The van der Waals surface area contributed by atoms with Crippen molar-refractivity contribution in [1.29, 1.82) is 0 Å². The second-order valence-corrected chi connectivity index (χ2v) is 11.1. The first-order chi connectivity index (χ1) is 15.6. The highest BCUT2D eigenvalue weighted by molar-refractivity contribution is 7.91. The van der Waals surface area contributed by atoms with Crippen molar-refractivity contribution in [3.8, 4) is 0 Å². The topological polar surface area (TPSA) is 142 Å². The Morgan fingerprint density at radius 3 is 2.55 bits per heavy atom. The van der Waals surface area contributed by atoms with Crippen molar-refractivity contribution in [2.45, 2.75) is 88.5 Å². The number of nitrogens with one attached hydrogen (secondary N) is 3. The van der Waals surface area contributed by atoms with E-state index in [9.17, 15) is 27.6 Å². The minimum Gasteiger partial charge on any atom is -0.350 e. The van der Waals surface area contributed by atoms with Crippen LogP contribution in [0, 0.1) is 0 Å². The van der Waals surface area contributed by atoms with Crippen LogP contribution >= 0.6 is 0 Å². The molecule has 1 heterocycles. The summed E-state index contributed by atoms with van der Waals surface area (Å²) in [5.74, 6) is -1.68. The Morgan fingerprint density at radius 2 is 1.91 bits per heavy atom. The first kappa shape index (κ1) is 26.8. The van der Waals surface area contributed by atoms with E-state index in [1.807, 2.05) is 6.08 Å². The molecule has 2 rings (SSSR count). The smallest absolute Gasteiger partial charge is 0.256 e. The number of unbranched alkanes of at least 4 members (excludes halogenated alkanes) is 3. The normalized spacial score (nSPS) is 20.3. The lowest BCUT2D eigenvalue weighted by atomic mass is 10.1. The third kappa shape index (κ3) is 7.55. The van der Waals surface area contributed by atoms with Gasteiger partial charge in [0.05, 0.1) is 11.3 Å². The average molecular weight is 485 g/mol. The van der Waals surface area contributed by atoms with Crippen molar-refractivity contribution in [1.82, 2.24) is 20.3 Å². The molecule has 0 bridgehead atoms. The second kappa shape index (κ2) is 12.2. The molecule has 1 aliphatic carbocycles. The van der Waals surface area contributed by atoms with E-state index < -0.39 is 38.7 Å². The molecule has 33 heavy (non-hydrogen) atoms. The molecule has 0 aromatic heterocycles. The number of carbonyl (C=O) groups excluding carboxylic acids is 4. The van der Waals surface area contributed by atoms with E-state index in [2.05, 4.69) is 22.3 Å². The van der Waals surface area contributed by atoms with Gasteiger partial charge in [0.2, 0.25) is 28.2 Å². The van der Waals surface area contributed by atoms with E-state index in [-0.39, 0.29) is 18.9 Å². The van der Waals surface area contributed by atoms with Crippen molar-refractivity contribution >= 4 is 34.2 Å². The summed E-state index contributed by atoms with van der Waals surface area (Å²) >= 11 is 0. The summed E-state index contributed by atoms with van der Waals surface area (Å²) in [6.07, 6.45) is 10.3. The van der Waals surface area contributed by atoms with Gasteiger partial charge in [0.1, 0.15) is 12.1 Å². The van der Waals surface area contributed by atoms with Crippen LogP contribution in [0.25, 0.3) is 0 Å². The number of likely N-dealkylation sites (tertiary alicyclic amines) is 1. The average Bonchev–Trinajstić information content (AvgIpc) is 3.34. The second-order valence-electron chi connectivity index (χ2n) is 8.93. The minimum atomic E-state index is -3.84. The maximum Gasteiger partial charge on any atom is 0.256 e. The first-order valence-corrected chi connectivity index (χ1v) is 13.1. The predicted molar refractivity (Wildman–Crippen MR) is 123 cm³/mol. The van der Waals surface area contributed by atoms with Gasteiger partial charge in [-0.1, -0.05) is 31.9 Å². The standard InChI is InChI=1S/C22H36N4O6S/c1-3-4-5-6-7-8-10-17(20(29)25-33(31,32)22(2)12-13-22)24-21(30)18-11-9-14-26(18)19(28)15-23-16-27/h7-8,16-18H,3-6,9-15H2,1-2H3,(H,23,27)(H,24,30)(H,25,29)/b8-7-. The maximum absolute atomic E-state index is 12.9. The SMILES string of the molecule is CCCCC/C=C\CC(NC(=O)C1CCCN1C(=O)CNC=O)C(=O)NS(=O)(=O)C1(C)CC1. The molecule has 4 amide bonds. The number of carbonyl (C=O) groups is 4. The molecule has 2 fully saturated rings. The lowest BCUT2D eigenvalue weighted by Crippen LogP contribution is -2.55. The van der Waals surface area contributed by atoms with Crippen molar-refractivity contribution in [2.24, 2.45) is 0 Å². The summed E-state index contributed by atoms with van der Waals surface area (Å²) < 4.78 is 26.2. The summed E-state index contributed by atoms with van der Waals surface area (Å²) in [5, 5.41) is 4.94. The molecule has 3 N–H and O–H groups in total. The van der Waals surface area contributed by atoms with Gasteiger partial charge in [0, 0.05) is 6.54 Å². The molecule has 186 valence electrons. The van der Waals surface area contributed by atoms with Crippen molar-refractivity contribution < 1.29 is 27.6 Å². The molecule has 2 atom stereocenters. The number of rotatable bonds is 14. The van der Waals surface area contributed by atoms with Crippen LogP contribution in [0.1, 0.15) is 71.6 Å². The Kier molecular flexibility index (Phi) is 9.87. The molecule has 11 heteroatoms. The van der Waals surface area contributed by atoms with E-state index in [0.717, 1.165) is 25.7 Å². The Balaban J connectivity index is 2.06. The molecule has 2 aliphatic rings. The fourth-order valence-electron chi connectivity index (χ4n) is 3.70. The summed E-state index contributed by atoms with van der Waals surface area (Å²) in [7, 11) is -3.84. The van der Waals surface area contributed by atoms with Gasteiger partial charge in [-0.3, -0.25) is 23.9 Å². The summed E-state index contributed by atoms with van der Waals surface area (Å²) in [6.45, 7) is 3.85. The van der Waals surface area contributed by atoms with Gasteiger partial charge in [0.25, 0.3) is 5.91 Å². The van der Waals surface area contributed by atoms with E-state index in [0.29, 0.717) is 38.6 Å². The van der Waals surface area contributed by atoms with Gasteiger partial charge in [-0.05, 0) is 51.9 Å². The fourth-order valence-corrected chi connectivity index (χ4v) is 4.99. The molecule has 2 unspecified atom stereocenters. The Hall–Kier alpha value is -2.43. The molecule has 0 aromatic rings. The molecule has 1 aliphatic heterocycles. The first-order valence-electron chi connectivity index (χ1n) is 11.6. The Bertz CT molecular complexity index is 853. The lowest BCUT2D eigenvalue weighted by Gasteiger charge is -2.26. The van der Waals surface area contributed by atoms with Crippen LogP contribution in [-0.4, -0.2) is 67.4 Å². The van der Waals surface area contributed by atoms with Crippen molar-refractivity contribution in [3.63, 3.8) is 0 Å². The molecule has 0 radical (unpaired) electrons. The van der Waals surface area contributed by atoms with Crippen molar-refractivity contribution in [3.05, 3.63) is 12.2 Å². The zero-order valence-corrected chi connectivity index (χ0v) is 20.3. The van der Waals surface area contributed by atoms with Gasteiger partial charge < -0.3 is 15.5 Å². The number of allylic oxidation sites excluding steroid dienone is 1. The van der Waals surface area contributed by atoms with Crippen LogP contribution in [0.5, 0.6) is 0 Å². The van der Waals surface area contributed by atoms with Crippen LogP contribution in [0.3, 0.4) is 0 Å². The molecule has 10 nitrogen and oxygen atoms in total. The highest BCUT2D eigenvalue weighted by Crippen LogP contribution is 2.42. The van der Waals surface area contributed by atoms with Gasteiger partial charge in [0.15, 0.2) is 0 Å². The van der Waals surface area contributed by atoms with E-state index in [4.69, 9.17) is 0 Å². The molecular weight excluding hydrogens is 448 g/mol. The fraction of sp³-hybridized carbons (Fsp3) is 0.727.